The summed E-state index contributed by atoms with van der Waals surface area (Å²) in [6.07, 6.45) is 0. The highest BCUT2D eigenvalue weighted by atomic mass is 35.5. The number of benzene rings is 2. The second-order valence-corrected chi connectivity index (χ2v) is 4.71. The molecule has 104 valence electrons. The van der Waals surface area contributed by atoms with Crippen molar-refractivity contribution in [1.29, 1.82) is 0 Å². The van der Waals surface area contributed by atoms with Crippen molar-refractivity contribution in [1.82, 2.24) is 0 Å². The maximum absolute atomic E-state index is 13.6. The molecule has 0 radical (unpaired) electrons. The third kappa shape index (κ3) is 2.75. The molecule has 0 spiro atoms. The van der Waals surface area contributed by atoms with E-state index < -0.39 is 11.7 Å². The van der Waals surface area contributed by atoms with Crippen molar-refractivity contribution in [3.63, 3.8) is 0 Å². The van der Waals surface area contributed by atoms with E-state index in [1.807, 2.05) is 13.0 Å². The number of carbonyl (C=O) groups is 1. The normalized spacial score (nSPS) is 10.2. The van der Waals surface area contributed by atoms with Crippen LogP contribution in [0.1, 0.15) is 15.9 Å². The SMILES string of the molecule is CNc1c(F)cccc1C(=O)Nc1c(C)cccc1Cl. The van der Waals surface area contributed by atoms with E-state index in [-0.39, 0.29) is 11.3 Å². The summed E-state index contributed by atoms with van der Waals surface area (Å²) in [5.41, 5.74) is 1.76. The minimum absolute atomic E-state index is 0.162. The summed E-state index contributed by atoms with van der Waals surface area (Å²) in [5.74, 6) is -0.888. The van der Waals surface area contributed by atoms with Crippen molar-refractivity contribution in [3.05, 3.63) is 58.4 Å². The molecule has 2 aromatic rings. The van der Waals surface area contributed by atoms with Crippen LogP contribution in [-0.2, 0) is 0 Å². The van der Waals surface area contributed by atoms with Gasteiger partial charge >= 0.3 is 0 Å². The number of rotatable bonds is 3. The lowest BCUT2D eigenvalue weighted by Crippen LogP contribution is -2.15. The van der Waals surface area contributed by atoms with Crippen LogP contribution in [0.5, 0.6) is 0 Å². The number of hydrogen-bond acceptors (Lipinski definition) is 2. The Bertz CT molecular complexity index is 638. The van der Waals surface area contributed by atoms with E-state index >= 15 is 0 Å². The van der Waals surface area contributed by atoms with E-state index in [4.69, 9.17) is 11.6 Å². The first-order valence-electron chi connectivity index (χ1n) is 6.07. The number of para-hydroxylation sites is 2. The first-order chi connectivity index (χ1) is 9.54. The molecule has 2 rings (SSSR count). The Labute approximate surface area is 121 Å². The van der Waals surface area contributed by atoms with Gasteiger partial charge in [0, 0.05) is 7.05 Å². The predicted molar refractivity (Wildman–Crippen MR) is 80.1 cm³/mol. The molecule has 1 amide bonds. The van der Waals surface area contributed by atoms with Gasteiger partial charge in [-0.15, -0.1) is 0 Å². The molecule has 0 fully saturated rings. The number of nitrogens with one attached hydrogen (secondary N) is 2. The fourth-order valence-corrected chi connectivity index (χ4v) is 2.21. The van der Waals surface area contributed by atoms with Gasteiger partial charge in [-0.25, -0.2) is 4.39 Å². The van der Waals surface area contributed by atoms with Crippen LogP contribution in [0.3, 0.4) is 0 Å². The Morgan fingerprint density at radius 2 is 1.85 bits per heavy atom. The molecule has 3 nitrogen and oxygen atoms in total. The second-order valence-electron chi connectivity index (χ2n) is 4.30. The standard InChI is InChI=1S/C15H14ClFN2O/c1-9-5-3-7-11(16)13(9)19-15(20)10-6-4-8-12(17)14(10)18-2/h3-8,18H,1-2H3,(H,19,20). The van der Waals surface area contributed by atoms with Gasteiger partial charge in [-0.05, 0) is 30.7 Å². The summed E-state index contributed by atoms with van der Waals surface area (Å²) in [6, 6.07) is 9.67. The van der Waals surface area contributed by atoms with Gasteiger partial charge in [0.1, 0.15) is 5.82 Å². The Kier molecular flexibility index (Phi) is 4.25. The van der Waals surface area contributed by atoms with E-state index in [2.05, 4.69) is 10.6 Å². The molecule has 0 unspecified atom stereocenters. The number of halogens is 2. The fourth-order valence-electron chi connectivity index (χ4n) is 1.94. The Balaban J connectivity index is 2.36. The first-order valence-corrected chi connectivity index (χ1v) is 6.45. The summed E-state index contributed by atoms with van der Waals surface area (Å²) in [7, 11) is 1.57. The van der Waals surface area contributed by atoms with Crippen LogP contribution in [0.4, 0.5) is 15.8 Å². The molecule has 0 heterocycles. The Hall–Kier alpha value is -2.07. The maximum atomic E-state index is 13.6. The van der Waals surface area contributed by atoms with Crippen molar-refractivity contribution in [2.45, 2.75) is 6.92 Å². The number of aryl methyl sites for hydroxylation is 1. The molecule has 0 aromatic heterocycles. The molecular formula is C15H14ClFN2O. The summed E-state index contributed by atoms with van der Waals surface area (Å²) in [6.45, 7) is 1.84. The van der Waals surface area contributed by atoms with E-state index in [1.54, 1.807) is 25.2 Å². The lowest BCUT2D eigenvalue weighted by atomic mass is 10.1. The van der Waals surface area contributed by atoms with Gasteiger partial charge in [-0.3, -0.25) is 4.79 Å². The molecule has 2 N–H and O–H groups in total. The van der Waals surface area contributed by atoms with Gasteiger partial charge in [-0.1, -0.05) is 29.8 Å². The minimum atomic E-state index is -0.476. The van der Waals surface area contributed by atoms with Crippen LogP contribution >= 0.6 is 11.6 Å². The zero-order chi connectivity index (χ0) is 14.7. The molecule has 0 aliphatic rings. The average Bonchev–Trinajstić information content (AvgIpc) is 2.42. The zero-order valence-corrected chi connectivity index (χ0v) is 11.9. The summed E-state index contributed by atoms with van der Waals surface area (Å²) in [4.78, 5) is 12.3. The molecule has 0 saturated heterocycles. The molecule has 20 heavy (non-hydrogen) atoms. The third-order valence-electron chi connectivity index (χ3n) is 2.97. The van der Waals surface area contributed by atoms with Crippen LogP contribution in [-0.4, -0.2) is 13.0 Å². The number of carbonyl (C=O) groups excluding carboxylic acids is 1. The fraction of sp³-hybridized carbons (Fsp3) is 0.133. The van der Waals surface area contributed by atoms with Gasteiger partial charge in [0.2, 0.25) is 0 Å². The van der Waals surface area contributed by atoms with Gasteiger partial charge in [0.25, 0.3) is 5.91 Å². The van der Waals surface area contributed by atoms with Gasteiger partial charge in [0.15, 0.2) is 0 Å². The topological polar surface area (TPSA) is 41.1 Å². The monoisotopic (exact) mass is 292 g/mol. The van der Waals surface area contributed by atoms with Crippen molar-refractivity contribution in [2.24, 2.45) is 0 Å². The summed E-state index contributed by atoms with van der Waals surface area (Å²) in [5, 5.41) is 5.86. The second kappa shape index (κ2) is 5.92. The van der Waals surface area contributed by atoms with Crippen LogP contribution in [0.15, 0.2) is 36.4 Å². The van der Waals surface area contributed by atoms with Crippen LogP contribution in [0, 0.1) is 12.7 Å². The molecule has 0 saturated carbocycles. The lowest BCUT2D eigenvalue weighted by Gasteiger charge is -2.13. The van der Waals surface area contributed by atoms with Crippen LogP contribution in [0.25, 0.3) is 0 Å². The van der Waals surface area contributed by atoms with E-state index in [0.717, 1.165) is 5.56 Å². The average molecular weight is 293 g/mol. The Morgan fingerprint density at radius 3 is 2.50 bits per heavy atom. The van der Waals surface area contributed by atoms with Gasteiger partial charge in [-0.2, -0.15) is 0 Å². The first kappa shape index (κ1) is 14.3. The van der Waals surface area contributed by atoms with Gasteiger partial charge in [0.05, 0.1) is 22.0 Å². The molecule has 0 bridgehead atoms. The van der Waals surface area contributed by atoms with Gasteiger partial charge < -0.3 is 10.6 Å². The number of amides is 1. The van der Waals surface area contributed by atoms with E-state index in [0.29, 0.717) is 10.7 Å². The molecule has 5 heteroatoms. The summed E-state index contributed by atoms with van der Waals surface area (Å²) < 4.78 is 13.6. The minimum Gasteiger partial charge on any atom is -0.385 e. The molecular weight excluding hydrogens is 279 g/mol. The maximum Gasteiger partial charge on any atom is 0.257 e. The molecule has 0 atom stereocenters. The van der Waals surface area contributed by atoms with E-state index in [1.165, 1.54) is 12.1 Å². The quantitative estimate of drug-likeness (QED) is 0.895. The van der Waals surface area contributed by atoms with Crippen molar-refractivity contribution >= 4 is 28.9 Å². The van der Waals surface area contributed by atoms with Crippen molar-refractivity contribution in [2.75, 3.05) is 17.7 Å². The number of anilines is 2. The number of hydrogen-bond donors (Lipinski definition) is 2. The smallest absolute Gasteiger partial charge is 0.257 e. The predicted octanol–water partition coefficient (Wildman–Crippen LogP) is 4.08. The highest BCUT2D eigenvalue weighted by molar-refractivity contribution is 6.34. The zero-order valence-electron chi connectivity index (χ0n) is 11.1. The Morgan fingerprint density at radius 1 is 1.15 bits per heavy atom. The van der Waals surface area contributed by atoms with Crippen LogP contribution in [0.2, 0.25) is 5.02 Å². The van der Waals surface area contributed by atoms with Crippen molar-refractivity contribution < 1.29 is 9.18 Å². The third-order valence-corrected chi connectivity index (χ3v) is 3.28. The van der Waals surface area contributed by atoms with E-state index in [9.17, 15) is 9.18 Å². The highest BCUT2D eigenvalue weighted by Crippen LogP contribution is 2.27. The summed E-state index contributed by atoms with van der Waals surface area (Å²) >= 11 is 6.06. The van der Waals surface area contributed by atoms with Crippen molar-refractivity contribution in [3.8, 4) is 0 Å². The molecule has 0 aliphatic heterocycles. The highest BCUT2D eigenvalue weighted by Gasteiger charge is 2.16. The van der Waals surface area contributed by atoms with Crippen LogP contribution < -0.4 is 10.6 Å². The molecule has 0 aliphatic carbocycles. The largest absolute Gasteiger partial charge is 0.385 e. The lowest BCUT2D eigenvalue weighted by molar-refractivity contribution is 0.102. The molecule has 2 aromatic carbocycles.